The van der Waals surface area contributed by atoms with Crippen molar-refractivity contribution in [3.05, 3.63) is 70.8 Å². The molecule has 0 radical (unpaired) electrons. The second-order valence-corrected chi connectivity index (χ2v) is 9.32. The summed E-state index contributed by atoms with van der Waals surface area (Å²) < 4.78 is 11.1. The molecule has 0 spiro atoms. The van der Waals surface area contributed by atoms with Gasteiger partial charge in [-0.3, -0.25) is 0 Å². The Morgan fingerprint density at radius 3 is 1.33 bits per heavy atom. The van der Waals surface area contributed by atoms with Gasteiger partial charge in [-0.2, -0.15) is 0 Å². The predicted molar refractivity (Wildman–Crippen MR) is 149 cm³/mol. The number of hydrogen-bond donors (Lipinski definition) is 0. The zero-order valence-corrected chi connectivity index (χ0v) is 22.3. The molecule has 2 aromatic rings. The van der Waals surface area contributed by atoms with Crippen molar-refractivity contribution in [2.24, 2.45) is 0 Å². The Kier molecular flexibility index (Phi) is 15.0. The molecule has 36 heavy (non-hydrogen) atoms. The molecular formula is C32H44O4. The quantitative estimate of drug-likeness (QED) is 0.118. The Balaban J connectivity index is 1.92. The first kappa shape index (κ1) is 29.4. The van der Waals surface area contributed by atoms with Gasteiger partial charge in [0.15, 0.2) is 0 Å². The Bertz CT molecular complexity index is 856. The number of carbonyl (C=O) groups excluding carboxylic acids is 2. The zero-order chi connectivity index (χ0) is 25.8. The van der Waals surface area contributed by atoms with Crippen molar-refractivity contribution in [3.63, 3.8) is 0 Å². The van der Waals surface area contributed by atoms with Crippen LogP contribution in [0.25, 0.3) is 12.2 Å². The number of benzene rings is 2. The minimum Gasteiger partial charge on any atom is -0.462 e. The molecule has 0 bridgehead atoms. The SMILES string of the molecule is CCCCCCCCOC(=O)c1ccccc1C=Cc1ccccc1C(=O)OCCCCCCCC. The van der Waals surface area contributed by atoms with Crippen LogP contribution < -0.4 is 0 Å². The minimum atomic E-state index is -0.310. The topological polar surface area (TPSA) is 52.6 Å². The molecule has 0 heterocycles. The summed E-state index contributed by atoms with van der Waals surface area (Å²) in [6, 6.07) is 14.8. The minimum absolute atomic E-state index is 0.310. The average Bonchev–Trinajstić information content (AvgIpc) is 2.91. The monoisotopic (exact) mass is 492 g/mol. The fraction of sp³-hybridized carbons (Fsp3) is 0.500. The van der Waals surface area contributed by atoms with Crippen molar-refractivity contribution < 1.29 is 19.1 Å². The molecule has 2 aromatic carbocycles. The molecule has 0 N–H and O–H groups in total. The van der Waals surface area contributed by atoms with E-state index in [2.05, 4.69) is 13.8 Å². The van der Waals surface area contributed by atoms with E-state index in [1.807, 2.05) is 48.6 Å². The standard InChI is InChI=1S/C32H44O4/c1-3-5-7-9-11-17-25-35-31(33)29-21-15-13-19-27(29)23-24-28-20-14-16-22-30(28)32(34)36-26-18-12-10-8-6-4-2/h13-16,19-24H,3-12,17-18,25-26H2,1-2H3. The molecule has 0 aliphatic heterocycles. The average molecular weight is 493 g/mol. The van der Waals surface area contributed by atoms with Gasteiger partial charge in [0.1, 0.15) is 0 Å². The van der Waals surface area contributed by atoms with Crippen molar-refractivity contribution >= 4 is 24.1 Å². The third kappa shape index (κ3) is 11.2. The summed E-state index contributed by atoms with van der Waals surface area (Å²) in [5, 5.41) is 0. The molecular weight excluding hydrogens is 448 g/mol. The van der Waals surface area contributed by atoms with Crippen LogP contribution in [0.4, 0.5) is 0 Å². The molecule has 196 valence electrons. The fourth-order valence-corrected chi connectivity index (χ4v) is 4.09. The number of hydrogen-bond acceptors (Lipinski definition) is 4. The Hall–Kier alpha value is -2.88. The number of esters is 2. The summed E-state index contributed by atoms with van der Waals surface area (Å²) >= 11 is 0. The molecule has 0 unspecified atom stereocenters. The van der Waals surface area contributed by atoms with E-state index in [-0.39, 0.29) is 11.9 Å². The Morgan fingerprint density at radius 2 is 0.917 bits per heavy atom. The van der Waals surface area contributed by atoms with Crippen molar-refractivity contribution in [2.75, 3.05) is 13.2 Å². The van der Waals surface area contributed by atoms with E-state index in [9.17, 15) is 9.59 Å². The van der Waals surface area contributed by atoms with Gasteiger partial charge in [0.2, 0.25) is 0 Å². The highest BCUT2D eigenvalue weighted by atomic mass is 16.5. The molecule has 0 saturated heterocycles. The third-order valence-corrected chi connectivity index (χ3v) is 6.27. The van der Waals surface area contributed by atoms with Crippen LogP contribution in [-0.2, 0) is 9.47 Å². The van der Waals surface area contributed by atoms with E-state index >= 15 is 0 Å². The molecule has 0 atom stereocenters. The maximum atomic E-state index is 12.7. The smallest absolute Gasteiger partial charge is 0.338 e. The maximum absolute atomic E-state index is 12.7. The van der Waals surface area contributed by atoms with Gasteiger partial charge in [-0.05, 0) is 36.1 Å². The number of carbonyl (C=O) groups is 2. The van der Waals surface area contributed by atoms with Gasteiger partial charge in [-0.25, -0.2) is 9.59 Å². The second kappa shape index (κ2) is 18.4. The van der Waals surface area contributed by atoms with Crippen molar-refractivity contribution in [2.45, 2.75) is 90.9 Å². The number of ether oxygens (including phenoxy) is 2. The van der Waals surface area contributed by atoms with E-state index in [1.54, 1.807) is 12.1 Å². The first-order valence-corrected chi connectivity index (χ1v) is 13.9. The van der Waals surface area contributed by atoms with Gasteiger partial charge in [0, 0.05) is 0 Å². The first-order valence-electron chi connectivity index (χ1n) is 13.9. The molecule has 0 amide bonds. The largest absolute Gasteiger partial charge is 0.462 e. The molecule has 0 aromatic heterocycles. The summed E-state index contributed by atoms with van der Waals surface area (Å²) in [7, 11) is 0. The lowest BCUT2D eigenvalue weighted by Crippen LogP contribution is -2.08. The lowest BCUT2D eigenvalue weighted by atomic mass is 10.0. The molecule has 2 rings (SSSR count). The van der Waals surface area contributed by atoms with E-state index < -0.39 is 0 Å². The lowest BCUT2D eigenvalue weighted by Gasteiger charge is -2.09. The summed E-state index contributed by atoms with van der Waals surface area (Å²) in [6.45, 7) is 5.29. The van der Waals surface area contributed by atoms with Crippen LogP contribution >= 0.6 is 0 Å². The van der Waals surface area contributed by atoms with Crippen LogP contribution in [0.1, 0.15) is 123 Å². The Labute approximate surface area is 218 Å². The first-order chi connectivity index (χ1) is 17.7. The molecule has 4 nitrogen and oxygen atoms in total. The van der Waals surface area contributed by atoms with E-state index in [4.69, 9.17) is 9.47 Å². The molecule has 0 aliphatic carbocycles. The van der Waals surface area contributed by atoms with Crippen molar-refractivity contribution in [1.82, 2.24) is 0 Å². The molecule has 0 saturated carbocycles. The van der Waals surface area contributed by atoms with Crippen LogP contribution in [0.15, 0.2) is 48.5 Å². The predicted octanol–water partition coefficient (Wildman–Crippen LogP) is 8.89. The van der Waals surface area contributed by atoms with Crippen LogP contribution in [0.2, 0.25) is 0 Å². The van der Waals surface area contributed by atoms with Crippen LogP contribution in [0, 0.1) is 0 Å². The molecule has 0 aliphatic rings. The zero-order valence-electron chi connectivity index (χ0n) is 22.3. The lowest BCUT2D eigenvalue weighted by molar-refractivity contribution is 0.0488. The van der Waals surface area contributed by atoms with E-state index in [0.29, 0.717) is 24.3 Å². The Morgan fingerprint density at radius 1 is 0.556 bits per heavy atom. The summed E-state index contributed by atoms with van der Waals surface area (Å²) in [4.78, 5) is 25.4. The maximum Gasteiger partial charge on any atom is 0.338 e. The second-order valence-electron chi connectivity index (χ2n) is 9.32. The van der Waals surface area contributed by atoms with Crippen LogP contribution in [0.5, 0.6) is 0 Å². The van der Waals surface area contributed by atoms with Crippen LogP contribution in [-0.4, -0.2) is 25.2 Å². The highest BCUT2D eigenvalue weighted by Gasteiger charge is 2.13. The van der Waals surface area contributed by atoms with E-state index in [0.717, 1.165) is 36.8 Å². The van der Waals surface area contributed by atoms with Gasteiger partial charge in [-0.1, -0.05) is 127 Å². The van der Waals surface area contributed by atoms with Gasteiger partial charge in [-0.15, -0.1) is 0 Å². The highest BCUT2D eigenvalue weighted by molar-refractivity contribution is 5.97. The highest BCUT2D eigenvalue weighted by Crippen LogP contribution is 2.18. The molecule has 0 fully saturated rings. The van der Waals surface area contributed by atoms with Crippen molar-refractivity contribution in [1.29, 1.82) is 0 Å². The van der Waals surface area contributed by atoms with E-state index in [1.165, 1.54) is 51.4 Å². The van der Waals surface area contributed by atoms with Crippen LogP contribution in [0.3, 0.4) is 0 Å². The van der Waals surface area contributed by atoms with Gasteiger partial charge >= 0.3 is 11.9 Å². The summed E-state index contributed by atoms with van der Waals surface area (Å²) in [5.74, 6) is -0.620. The molecule has 4 heteroatoms. The third-order valence-electron chi connectivity index (χ3n) is 6.27. The van der Waals surface area contributed by atoms with Gasteiger partial charge in [0.25, 0.3) is 0 Å². The number of unbranched alkanes of at least 4 members (excludes halogenated alkanes) is 10. The van der Waals surface area contributed by atoms with Crippen molar-refractivity contribution in [3.8, 4) is 0 Å². The van der Waals surface area contributed by atoms with Gasteiger partial charge in [0.05, 0.1) is 24.3 Å². The summed E-state index contributed by atoms with van der Waals surface area (Å²) in [6.07, 6.45) is 17.5. The number of rotatable bonds is 18. The fourth-order valence-electron chi connectivity index (χ4n) is 4.09. The normalized spacial score (nSPS) is 11.1. The van der Waals surface area contributed by atoms with Gasteiger partial charge < -0.3 is 9.47 Å². The summed E-state index contributed by atoms with van der Waals surface area (Å²) in [5.41, 5.74) is 2.59.